The number of hydrogen-bond donors (Lipinski definition) is 1. The third kappa shape index (κ3) is 5.98. The lowest BCUT2D eigenvalue weighted by Gasteiger charge is -2.08. The van der Waals surface area contributed by atoms with Crippen molar-refractivity contribution < 1.29 is 4.42 Å². The van der Waals surface area contributed by atoms with Crippen molar-refractivity contribution in [2.75, 3.05) is 0 Å². The zero-order valence-electron chi connectivity index (χ0n) is 30.3. The van der Waals surface area contributed by atoms with Crippen LogP contribution in [0.3, 0.4) is 0 Å². The Bertz CT molecular complexity index is 3140. The third-order valence-electron chi connectivity index (χ3n) is 10.4. The van der Waals surface area contributed by atoms with Crippen molar-refractivity contribution in [2.45, 2.75) is 0 Å². The second kappa shape index (κ2) is 14.0. The smallest absolute Gasteiger partial charge is 0.161 e. The summed E-state index contributed by atoms with van der Waals surface area (Å²) in [5.41, 5.74) is 11.6. The minimum Gasteiger partial charge on any atom is -0.455 e. The Kier molecular flexibility index (Phi) is 8.23. The summed E-state index contributed by atoms with van der Waals surface area (Å²) in [6, 6.07) is 66.4. The van der Waals surface area contributed by atoms with E-state index in [-0.39, 0.29) is 5.84 Å². The van der Waals surface area contributed by atoms with Crippen molar-refractivity contribution in [1.82, 2.24) is 4.57 Å². The molecule has 264 valence electrons. The fourth-order valence-electron chi connectivity index (χ4n) is 7.66. The van der Waals surface area contributed by atoms with Crippen LogP contribution in [0.1, 0.15) is 16.7 Å². The first-order valence-electron chi connectivity index (χ1n) is 18.6. The minimum absolute atomic E-state index is 0.0733. The summed E-state index contributed by atoms with van der Waals surface area (Å²) >= 11 is 0. The van der Waals surface area contributed by atoms with Gasteiger partial charge >= 0.3 is 0 Å². The van der Waals surface area contributed by atoms with Crippen LogP contribution >= 0.6 is 0 Å². The second-order valence-electron chi connectivity index (χ2n) is 13.8. The van der Waals surface area contributed by atoms with E-state index in [1.54, 1.807) is 0 Å². The van der Waals surface area contributed by atoms with E-state index >= 15 is 0 Å². The molecule has 0 aliphatic carbocycles. The second-order valence-corrected chi connectivity index (χ2v) is 13.8. The third-order valence-corrected chi connectivity index (χ3v) is 10.4. The Morgan fingerprint density at radius 3 is 1.98 bits per heavy atom. The molecule has 0 saturated heterocycles. The predicted octanol–water partition coefficient (Wildman–Crippen LogP) is 12.9. The molecule has 8 aromatic carbocycles. The van der Waals surface area contributed by atoms with Crippen molar-refractivity contribution in [2.24, 2.45) is 9.98 Å². The van der Waals surface area contributed by atoms with Gasteiger partial charge in [0.15, 0.2) is 11.7 Å². The fourth-order valence-corrected chi connectivity index (χ4v) is 7.66. The molecule has 0 aliphatic heterocycles. The van der Waals surface area contributed by atoms with Crippen molar-refractivity contribution >= 4 is 61.6 Å². The van der Waals surface area contributed by atoms with E-state index in [1.165, 1.54) is 16.3 Å². The molecule has 0 bridgehead atoms. The average Bonchev–Trinajstić information content (AvgIpc) is 3.81. The van der Waals surface area contributed by atoms with Gasteiger partial charge in [-0.25, -0.2) is 9.98 Å². The molecule has 0 unspecified atom stereocenters. The molecular weight excluding hydrogens is 685 g/mol. The molecule has 56 heavy (non-hydrogen) atoms. The van der Waals surface area contributed by atoms with E-state index in [2.05, 4.69) is 114 Å². The number of aliphatic imine (C=N–C) groups is 2. The van der Waals surface area contributed by atoms with Gasteiger partial charge in [-0.15, -0.1) is 0 Å². The minimum atomic E-state index is 0.0733. The molecule has 0 aliphatic rings. The van der Waals surface area contributed by atoms with E-state index in [0.717, 1.165) is 60.9 Å². The van der Waals surface area contributed by atoms with E-state index in [0.29, 0.717) is 17.0 Å². The molecule has 0 fully saturated rings. The van der Waals surface area contributed by atoms with Crippen LogP contribution < -0.4 is 0 Å². The van der Waals surface area contributed by atoms with Gasteiger partial charge in [0.25, 0.3) is 0 Å². The maximum Gasteiger partial charge on any atom is 0.161 e. The molecule has 2 heterocycles. The van der Waals surface area contributed by atoms with Crippen LogP contribution in [0.15, 0.2) is 209 Å². The molecule has 2 aromatic heterocycles. The lowest BCUT2D eigenvalue weighted by molar-refractivity contribution is 0.668. The summed E-state index contributed by atoms with van der Waals surface area (Å²) in [5, 5.41) is 13.6. The number of fused-ring (bicyclic) bond motifs is 6. The number of para-hydroxylation sites is 3. The maximum atomic E-state index is 9.25. The molecule has 0 spiro atoms. The topological polar surface area (TPSA) is 66.6 Å². The standard InChI is InChI=1S/C51H34N4O/c52-50(54-51(36-17-6-2-7-18-36)53-33-34-14-12-19-37(30-34)35-15-4-1-5-16-35)44-24-13-23-43-42-28-26-39(32-48(42)56-49(43)44)38-27-29-47-45(31-38)41-22-10-11-25-46(41)55(47)40-20-8-3-9-21-40/h1-33,52H. The Labute approximate surface area is 323 Å². The molecule has 0 atom stereocenters. The SMILES string of the molecule is N=C(N=C(N=Cc1cccc(-c2ccccc2)c1)c1ccccc1)c1cccc2c1oc1cc(-c3ccc4c(c3)c3ccccc3n4-c3ccccc3)ccc12. The Morgan fingerprint density at radius 2 is 1.14 bits per heavy atom. The van der Waals surface area contributed by atoms with Gasteiger partial charge in [-0.05, 0) is 82.4 Å². The molecular formula is C51H34N4O. The van der Waals surface area contributed by atoms with Crippen LogP contribution in [0.25, 0.3) is 71.7 Å². The van der Waals surface area contributed by atoms with Crippen LogP contribution in [-0.2, 0) is 0 Å². The zero-order valence-corrected chi connectivity index (χ0v) is 30.3. The molecule has 10 rings (SSSR count). The highest BCUT2D eigenvalue weighted by Gasteiger charge is 2.17. The van der Waals surface area contributed by atoms with Crippen molar-refractivity contribution in [3.05, 3.63) is 211 Å². The molecule has 0 saturated carbocycles. The first kappa shape index (κ1) is 33.0. The summed E-state index contributed by atoms with van der Waals surface area (Å²) in [6.45, 7) is 0. The van der Waals surface area contributed by atoms with Crippen molar-refractivity contribution in [3.8, 4) is 27.9 Å². The van der Waals surface area contributed by atoms with Crippen LogP contribution in [0.5, 0.6) is 0 Å². The molecule has 5 heteroatoms. The molecule has 0 radical (unpaired) electrons. The van der Waals surface area contributed by atoms with Crippen molar-refractivity contribution in [3.63, 3.8) is 0 Å². The molecule has 1 N–H and O–H groups in total. The highest BCUT2D eigenvalue weighted by molar-refractivity contribution is 6.19. The molecule has 0 amide bonds. The monoisotopic (exact) mass is 718 g/mol. The van der Waals surface area contributed by atoms with Gasteiger partial charge in [0.1, 0.15) is 11.2 Å². The number of benzene rings is 8. The number of rotatable bonds is 6. The number of nitrogens with zero attached hydrogens (tertiary/aromatic N) is 3. The lowest BCUT2D eigenvalue weighted by atomic mass is 10.0. The normalized spacial score (nSPS) is 12.0. The van der Waals surface area contributed by atoms with Gasteiger partial charge < -0.3 is 8.98 Å². The first-order valence-corrected chi connectivity index (χ1v) is 18.6. The van der Waals surface area contributed by atoms with Gasteiger partial charge in [-0.3, -0.25) is 5.41 Å². The average molecular weight is 719 g/mol. The number of amidine groups is 2. The van der Waals surface area contributed by atoms with Crippen LogP contribution in [0.2, 0.25) is 0 Å². The summed E-state index contributed by atoms with van der Waals surface area (Å²) in [4.78, 5) is 9.66. The number of nitrogens with one attached hydrogen (secondary N) is 1. The first-order chi connectivity index (χ1) is 27.7. The predicted molar refractivity (Wildman–Crippen MR) is 233 cm³/mol. The Morgan fingerprint density at radius 1 is 0.500 bits per heavy atom. The zero-order chi connectivity index (χ0) is 37.4. The summed E-state index contributed by atoms with van der Waals surface area (Å²) in [7, 11) is 0. The molecule has 10 aromatic rings. The number of furan rings is 1. The van der Waals surface area contributed by atoms with E-state index in [4.69, 9.17) is 14.4 Å². The fraction of sp³-hybridized carbons (Fsp3) is 0. The Hall–Kier alpha value is -7.63. The quantitative estimate of drug-likeness (QED) is 0.135. The van der Waals surface area contributed by atoms with Crippen molar-refractivity contribution in [1.29, 1.82) is 5.41 Å². The van der Waals surface area contributed by atoms with Gasteiger partial charge in [0.2, 0.25) is 0 Å². The van der Waals surface area contributed by atoms with E-state index < -0.39 is 0 Å². The largest absolute Gasteiger partial charge is 0.455 e. The van der Waals surface area contributed by atoms with Gasteiger partial charge in [-0.1, -0.05) is 140 Å². The maximum absolute atomic E-state index is 9.25. The van der Waals surface area contributed by atoms with Crippen LogP contribution in [0.4, 0.5) is 0 Å². The summed E-state index contributed by atoms with van der Waals surface area (Å²) in [5.74, 6) is 0.518. The highest BCUT2D eigenvalue weighted by Crippen LogP contribution is 2.38. The van der Waals surface area contributed by atoms with Crippen LogP contribution in [-0.4, -0.2) is 22.5 Å². The molecule has 5 nitrogen and oxygen atoms in total. The number of hydrogen-bond acceptors (Lipinski definition) is 2. The van der Waals surface area contributed by atoms with Gasteiger partial charge in [0, 0.05) is 39.0 Å². The lowest BCUT2D eigenvalue weighted by Crippen LogP contribution is -2.05. The highest BCUT2D eigenvalue weighted by atomic mass is 16.3. The Balaban J connectivity index is 1.02. The summed E-state index contributed by atoms with van der Waals surface area (Å²) < 4.78 is 8.93. The van der Waals surface area contributed by atoms with E-state index in [1.807, 2.05) is 91.1 Å². The van der Waals surface area contributed by atoms with Gasteiger partial charge in [-0.2, -0.15) is 0 Å². The van der Waals surface area contributed by atoms with E-state index in [9.17, 15) is 5.41 Å². The van der Waals surface area contributed by atoms with Gasteiger partial charge in [0.05, 0.1) is 16.6 Å². The number of aromatic nitrogens is 1. The van der Waals surface area contributed by atoms with Crippen LogP contribution in [0, 0.1) is 5.41 Å². The summed E-state index contributed by atoms with van der Waals surface area (Å²) in [6.07, 6.45) is 1.81.